The van der Waals surface area contributed by atoms with Crippen LogP contribution in [-0.4, -0.2) is 25.2 Å². The summed E-state index contributed by atoms with van der Waals surface area (Å²) in [6, 6.07) is 20.1. The van der Waals surface area contributed by atoms with Crippen LogP contribution in [0.25, 0.3) is 0 Å². The lowest BCUT2D eigenvalue weighted by Crippen LogP contribution is -2.30. The zero-order valence-electron chi connectivity index (χ0n) is 12.8. The van der Waals surface area contributed by atoms with Gasteiger partial charge in [-0.2, -0.15) is 0 Å². The molecule has 23 heavy (non-hydrogen) atoms. The fraction of sp³-hybridized carbons (Fsp3) is 0.263. The number of carbonyl (C=O) groups excluding carboxylic acids is 2. The highest BCUT2D eigenvalue weighted by Crippen LogP contribution is 2.39. The Balaban J connectivity index is 2.51. The lowest BCUT2D eigenvalue weighted by atomic mass is 9.69. The van der Waals surface area contributed by atoms with Crippen molar-refractivity contribution in [3.8, 4) is 0 Å². The summed E-state index contributed by atoms with van der Waals surface area (Å²) in [5, 5.41) is 0. The Bertz CT molecular complexity index is 637. The van der Waals surface area contributed by atoms with Gasteiger partial charge >= 0.3 is 0 Å². The van der Waals surface area contributed by atoms with Crippen molar-refractivity contribution in [2.75, 3.05) is 13.1 Å². The zero-order valence-corrected chi connectivity index (χ0v) is 12.8. The molecule has 4 nitrogen and oxygen atoms in total. The molecule has 116 valence electrons. The van der Waals surface area contributed by atoms with Gasteiger partial charge in [-0.25, -0.2) is 19.6 Å². The third kappa shape index (κ3) is 4.10. The summed E-state index contributed by atoms with van der Waals surface area (Å²) in [5.74, 6) is 0. The van der Waals surface area contributed by atoms with E-state index >= 15 is 0 Å². The molecule has 4 heteroatoms. The Morgan fingerprint density at radius 2 is 1.09 bits per heavy atom. The van der Waals surface area contributed by atoms with Crippen LogP contribution in [0, 0.1) is 0 Å². The monoisotopic (exact) mass is 306 g/mol. The molecule has 0 aliphatic heterocycles. The fourth-order valence-electron chi connectivity index (χ4n) is 2.97. The molecule has 0 bridgehead atoms. The molecule has 0 aliphatic rings. The normalized spacial score (nSPS) is 10.4. The second kappa shape index (κ2) is 8.60. The van der Waals surface area contributed by atoms with Crippen LogP contribution in [0.15, 0.2) is 70.6 Å². The van der Waals surface area contributed by atoms with E-state index in [9.17, 15) is 9.59 Å². The van der Waals surface area contributed by atoms with E-state index in [-0.39, 0.29) is 5.41 Å². The van der Waals surface area contributed by atoms with Crippen molar-refractivity contribution in [2.45, 2.75) is 18.3 Å². The van der Waals surface area contributed by atoms with Gasteiger partial charge in [0.15, 0.2) is 0 Å². The summed E-state index contributed by atoms with van der Waals surface area (Å²) in [7, 11) is 0. The van der Waals surface area contributed by atoms with E-state index in [0.717, 1.165) is 11.1 Å². The Kier molecular flexibility index (Phi) is 6.19. The van der Waals surface area contributed by atoms with Gasteiger partial charge in [-0.15, -0.1) is 0 Å². The highest BCUT2D eigenvalue weighted by Gasteiger charge is 2.33. The predicted octanol–water partition coefficient (Wildman–Crippen LogP) is 3.42. The van der Waals surface area contributed by atoms with Gasteiger partial charge < -0.3 is 0 Å². The van der Waals surface area contributed by atoms with Crippen LogP contribution < -0.4 is 0 Å². The third-order valence-corrected chi connectivity index (χ3v) is 4.08. The van der Waals surface area contributed by atoms with Gasteiger partial charge in [0.2, 0.25) is 12.2 Å². The molecule has 0 N–H and O–H groups in total. The molecule has 0 aliphatic carbocycles. The van der Waals surface area contributed by atoms with Crippen molar-refractivity contribution in [1.82, 2.24) is 0 Å². The van der Waals surface area contributed by atoms with Gasteiger partial charge in [0.05, 0.1) is 13.1 Å². The van der Waals surface area contributed by atoms with Gasteiger partial charge in [-0.05, 0) is 24.0 Å². The minimum Gasteiger partial charge on any atom is -0.211 e. The summed E-state index contributed by atoms with van der Waals surface area (Å²) in [6.45, 7) is 0.746. The van der Waals surface area contributed by atoms with E-state index in [2.05, 4.69) is 34.3 Å². The molecule has 0 amide bonds. The van der Waals surface area contributed by atoms with Crippen LogP contribution in [0.5, 0.6) is 0 Å². The maximum absolute atomic E-state index is 10.5. The highest BCUT2D eigenvalue weighted by atomic mass is 16.1. The zero-order chi connectivity index (χ0) is 16.4. The van der Waals surface area contributed by atoms with Gasteiger partial charge in [0.25, 0.3) is 0 Å². The molecule has 0 fully saturated rings. The van der Waals surface area contributed by atoms with Gasteiger partial charge in [-0.3, -0.25) is 0 Å². The fourth-order valence-corrected chi connectivity index (χ4v) is 2.97. The van der Waals surface area contributed by atoms with E-state index in [1.54, 1.807) is 12.2 Å². The summed E-state index contributed by atoms with van der Waals surface area (Å²) >= 11 is 0. The number of nitrogens with zero attached hydrogens (tertiary/aromatic N) is 2. The quantitative estimate of drug-likeness (QED) is 0.554. The number of aliphatic imine (C=N–C) groups is 2. The summed E-state index contributed by atoms with van der Waals surface area (Å²) in [6.07, 6.45) is 4.49. The first-order chi connectivity index (χ1) is 11.3. The van der Waals surface area contributed by atoms with E-state index in [1.165, 1.54) is 0 Å². The number of benzene rings is 2. The van der Waals surface area contributed by atoms with Gasteiger partial charge in [0, 0.05) is 5.41 Å². The SMILES string of the molecule is O=C=NCCC(CCN=C=O)(c1ccccc1)c1ccccc1. The summed E-state index contributed by atoms with van der Waals surface area (Å²) in [5.41, 5.74) is 1.88. The lowest BCUT2D eigenvalue weighted by Gasteiger charge is -2.34. The molecular weight excluding hydrogens is 288 g/mol. The molecule has 2 aromatic rings. The van der Waals surface area contributed by atoms with E-state index in [0.29, 0.717) is 25.9 Å². The second-order valence-corrected chi connectivity index (χ2v) is 5.26. The number of isocyanates is 2. The van der Waals surface area contributed by atoms with Crippen LogP contribution in [0.1, 0.15) is 24.0 Å². The molecular formula is C19H18N2O2. The van der Waals surface area contributed by atoms with Crippen LogP contribution in [0.3, 0.4) is 0 Å². The second-order valence-electron chi connectivity index (χ2n) is 5.26. The van der Waals surface area contributed by atoms with Crippen molar-refractivity contribution in [3.63, 3.8) is 0 Å². The average molecular weight is 306 g/mol. The van der Waals surface area contributed by atoms with Crippen LogP contribution in [0.4, 0.5) is 0 Å². The molecule has 0 aromatic heterocycles. The molecule has 2 aromatic carbocycles. The number of hydrogen-bond donors (Lipinski definition) is 0. The van der Waals surface area contributed by atoms with Crippen LogP contribution in [-0.2, 0) is 15.0 Å². The van der Waals surface area contributed by atoms with Crippen LogP contribution in [0.2, 0.25) is 0 Å². The maximum Gasteiger partial charge on any atom is 0.234 e. The molecule has 0 spiro atoms. The van der Waals surface area contributed by atoms with Gasteiger partial charge in [-0.1, -0.05) is 60.7 Å². The topological polar surface area (TPSA) is 58.9 Å². The first-order valence-electron chi connectivity index (χ1n) is 7.52. The van der Waals surface area contributed by atoms with Gasteiger partial charge in [0.1, 0.15) is 0 Å². The smallest absolute Gasteiger partial charge is 0.211 e. The van der Waals surface area contributed by atoms with E-state index in [1.807, 2.05) is 36.4 Å². The first-order valence-corrected chi connectivity index (χ1v) is 7.52. The van der Waals surface area contributed by atoms with Crippen molar-refractivity contribution in [2.24, 2.45) is 9.98 Å². The maximum atomic E-state index is 10.5. The molecule has 0 saturated carbocycles. The van der Waals surface area contributed by atoms with Crippen molar-refractivity contribution in [1.29, 1.82) is 0 Å². The minimum absolute atomic E-state index is 0.358. The first kappa shape index (κ1) is 16.6. The Morgan fingerprint density at radius 1 is 0.696 bits per heavy atom. The number of hydrogen-bond acceptors (Lipinski definition) is 4. The third-order valence-electron chi connectivity index (χ3n) is 4.08. The predicted molar refractivity (Wildman–Crippen MR) is 88.9 cm³/mol. The van der Waals surface area contributed by atoms with E-state index < -0.39 is 0 Å². The Labute approximate surface area is 135 Å². The molecule has 0 radical (unpaired) electrons. The standard InChI is InChI=1S/C19H18N2O2/c22-15-20-13-11-19(12-14-21-16-23,17-7-3-1-4-8-17)18-9-5-2-6-10-18/h1-10H,11-14H2. The van der Waals surface area contributed by atoms with Crippen LogP contribution >= 0.6 is 0 Å². The average Bonchev–Trinajstić information content (AvgIpc) is 2.62. The largest absolute Gasteiger partial charge is 0.234 e. The van der Waals surface area contributed by atoms with Crippen molar-refractivity contribution >= 4 is 12.2 Å². The Hall–Kier alpha value is -2.80. The molecule has 0 atom stereocenters. The van der Waals surface area contributed by atoms with E-state index in [4.69, 9.17) is 0 Å². The summed E-state index contributed by atoms with van der Waals surface area (Å²) < 4.78 is 0. The molecule has 0 heterocycles. The highest BCUT2D eigenvalue weighted by molar-refractivity contribution is 5.40. The molecule has 0 unspecified atom stereocenters. The van der Waals surface area contributed by atoms with Crippen molar-refractivity contribution in [3.05, 3.63) is 71.8 Å². The summed E-state index contributed by atoms with van der Waals surface area (Å²) in [4.78, 5) is 28.4. The number of rotatable bonds is 8. The Morgan fingerprint density at radius 3 is 1.43 bits per heavy atom. The molecule has 0 saturated heterocycles. The van der Waals surface area contributed by atoms with Crippen molar-refractivity contribution < 1.29 is 9.59 Å². The minimum atomic E-state index is -0.358. The lowest BCUT2D eigenvalue weighted by molar-refractivity contribution is 0.447. The molecule has 2 rings (SSSR count).